The molecule has 0 radical (unpaired) electrons. The summed E-state index contributed by atoms with van der Waals surface area (Å²) in [5, 5.41) is 9.09. The number of nitrogens with zero attached hydrogens (tertiary/aromatic N) is 3. The van der Waals surface area contributed by atoms with E-state index in [1.165, 1.54) is 0 Å². The number of fused-ring (bicyclic) bond motifs is 1. The van der Waals surface area contributed by atoms with E-state index >= 15 is 0 Å². The lowest BCUT2D eigenvalue weighted by Crippen LogP contribution is -2.05. The number of rotatable bonds is 5. The smallest absolute Gasteiger partial charge is 0.164 e. The summed E-state index contributed by atoms with van der Waals surface area (Å²) in [6.45, 7) is 0.141. The average molecular weight is 283 g/mol. The van der Waals surface area contributed by atoms with E-state index in [0.29, 0.717) is 12.8 Å². The third kappa shape index (κ3) is 2.48. The molecule has 1 aromatic carbocycles. The zero-order chi connectivity index (χ0) is 14.7. The van der Waals surface area contributed by atoms with E-state index < -0.39 is 0 Å². The van der Waals surface area contributed by atoms with E-state index in [2.05, 4.69) is 9.97 Å². The van der Waals surface area contributed by atoms with Crippen molar-refractivity contribution in [2.24, 2.45) is 0 Å². The van der Waals surface area contributed by atoms with Crippen LogP contribution < -0.4 is 4.74 Å². The second-order valence-electron chi connectivity index (χ2n) is 4.71. The van der Waals surface area contributed by atoms with Crippen LogP contribution in [-0.4, -0.2) is 33.4 Å². The fraction of sp³-hybridized carbons (Fsp3) is 0.250. The first-order chi connectivity index (χ1) is 10.3. The SMILES string of the molecule is COc1ccccc1-n1c(CCCO)nc2cccnc21. The van der Waals surface area contributed by atoms with Gasteiger partial charge in [-0.05, 0) is 30.7 Å². The lowest BCUT2D eigenvalue weighted by Gasteiger charge is -2.12. The van der Waals surface area contributed by atoms with Gasteiger partial charge < -0.3 is 9.84 Å². The van der Waals surface area contributed by atoms with Crippen LogP contribution in [0.5, 0.6) is 5.75 Å². The van der Waals surface area contributed by atoms with Gasteiger partial charge in [-0.15, -0.1) is 0 Å². The number of benzene rings is 1. The summed E-state index contributed by atoms with van der Waals surface area (Å²) in [5.41, 5.74) is 2.56. The summed E-state index contributed by atoms with van der Waals surface area (Å²) in [4.78, 5) is 9.08. The van der Waals surface area contributed by atoms with Crippen LogP contribution >= 0.6 is 0 Å². The largest absolute Gasteiger partial charge is 0.495 e. The maximum Gasteiger partial charge on any atom is 0.164 e. The second-order valence-corrected chi connectivity index (χ2v) is 4.71. The van der Waals surface area contributed by atoms with Gasteiger partial charge in [-0.25, -0.2) is 9.97 Å². The van der Waals surface area contributed by atoms with Gasteiger partial charge in [-0.3, -0.25) is 4.57 Å². The summed E-state index contributed by atoms with van der Waals surface area (Å²) in [6.07, 6.45) is 3.11. The maximum absolute atomic E-state index is 9.09. The van der Waals surface area contributed by atoms with Crippen LogP contribution in [0.4, 0.5) is 0 Å². The average Bonchev–Trinajstić information content (AvgIpc) is 2.91. The molecule has 0 unspecified atom stereocenters. The molecule has 0 aliphatic carbocycles. The number of aryl methyl sites for hydroxylation is 1. The number of hydrogen-bond donors (Lipinski definition) is 1. The van der Waals surface area contributed by atoms with Crippen molar-refractivity contribution < 1.29 is 9.84 Å². The molecule has 1 N–H and O–H groups in total. The number of ether oxygens (including phenoxy) is 1. The topological polar surface area (TPSA) is 60.2 Å². The number of pyridine rings is 1. The molecule has 2 heterocycles. The highest BCUT2D eigenvalue weighted by atomic mass is 16.5. The van der Waals surface area contributed by atoms with Crippen molar-refractivity contribution in [1.29, 1.82) is 0 Å². The molecule has 0 atom stereocenters. The third-order valence-electron chi connectivity index (χ3n) is 3.37. The van der Waals surface area contributed by atoms with Crippen molar-refractivity contribution in [1.82, 2.24) is 14.5 Å². The quantitative estimate of drug-likeness (QED) is 0.781. The van der Waals surface area contributed by atoms with Crippen molar-refractivity contribution in [3.8, 4) is 11.4 Å². The second kappa shape index (κ2) is 5.93. The first kappa shape index (κ1) is 13.6. The molecule has 0 fully saturated rings. The van der Waals surface area contributed by atoms with Crippen molar-refractivity contribution in [2.75, 3.05) is 13.7 Å². The Morgan fingerprint density at radius 1 is 1.19 bits per heavy atom. The van der Waals surface area contributed by atoms with E-state index in [4.69, 9.17) is 9.84 Å². The van der Waals surface area contributed by atoms with Gasteiger partial charge in [0.15, 0.2) is 5.65 Å². The first-order valence-corrected chi connectivity index (χ1v) is 6.91. The summed E-state index contributed by atoms with van der Waals surface area (Å²) < 4.78 is 7.46. The Hall–Kier alpha value is -2.40. The molecule has 0 bridgehead atoms. The van der Waals surface area contributed by atoms with Crippen LogP contribution in [0, 0.1) is 0 Å². The van der Waals surface area contributed by atoms with Crippen molar-refractivity contribution in [3.05, 3.63) is 48.4 Å². The molecule has 3 rings (SSSR count). The Balaban J connectivity index is 2.23. The van der Waals surface area contributed by atoms with Gasteiger partial charge in [0.1, 0.15) is 17.1 Å². The monoisotopic (exact) mass is 283 g/mol. The van der Waals surface area contributed by atoms with E-state index in [9.17, 15) is 0 Å². The fourth-order valence-electron chi connectivity index (χ4n) is 2.43. The van der Waals surface area contributed by atoms with Gasteiger partial charge in [-0.2, -0.15) is 0 Å². The molecular formula is C16H17N3O2. The molecule has 0 aliphatic heterocycles. The number of aliphatic hydroxyl groups is 1. The van der Waals surface area contributed by atoms with Gasteiger partial charge in [0.2, 0.25) is 0 Å². The van der Waals surface area contributed by atoms with E-state index in [-0.39, 0.29) is 6.61 Å². The molecule has 0 spiro atoms. The molecule has 3 aromatic rings. The third-order valence-corrected chi connectivity index (χ3v) is 3.37. The normalized spacial score (nSPS) is 11.0. The Bertz CT molecular complexity index is 752. The molecule has 2 aromatic heterocycles. The van der Waals surface area contributed by atoms with Crippen LogP contribution in [0.3, 0.4) is 0 Å². The van der Waals surface area contributed by atoms with Crippen LogP contribution in [0.1, 0.15) is 12.2 Å². The number of para-hydroxylation sites is 2. The molecule has 0 aliphatic rings. The minimum Gasteiger partial charge on any atom is -0.495 e. The molecule has 5 heteroatoms. The lowest BCUT2D eigenvalue weighted by molar-refractivity contribution is 0.287. The number of hydrogen-bond acceptors (Lipinski definition) is 4. The number of aliphatic hydroxyl groups excluding tert-OH is 1. The number of aromatic nitrogens is 3. The summed E-state index contributed by atoms with van der Waals surface area (Å²) in [7, 11) is 1.65. The van der Waals surface area contributed by atoms with Gasteiger partial charge in [0.25, 0.3) is 0 Å². The predicted octanol–water partition coefficient (Wildman–Crippen LogP) is 2.35. The Labute approximate surface area is 122 Å². The van der Waals surface area contributed by atoms with E-state index in [0.717, 1.165) is 28.4 Å². The van der Waals surface area contributed by atoms with Crippen LogP contribution in [0.2, 0.25) is 0 Å². The highest BCUT2D eigenvalue weighted by Crippen LogP contribution is 2.27. The van der Waals surface area contributed by atoms with Crippen LogP contribution in [-0.2, 0) is 6.42 Å². The summed E-state index contributed by atoms with van der Waals surface area (Å²) in [6, 6.07) is 11.6. The minimum absolute atomic E-state index is 0.141. The highest BCUT2D eigenvalue weighted by molar-refractivity contribution is 5.74. The van der Waals surface area contributed by atoms with Gasteiger partial charge in [0, 0.05) is 19.2 Å². The van der Waals surface area contributed by atoms with Crippen LogP contribution in [0.15, 0.2) is 42.6 Å². The Kier molecular flexibility index (Phi) is 3.83. The molecule has 0 saturated carbocycles. The standard InChI is InChI=1S/C16H17N3O2/c1-21-14-8-3-2-7-13(14)19-15(9-5-11-20)18-12-6-4-10-17-16(12)19/h2-4,6-8,10,20H,5,9,11H2,1H3. The molecule has 0 amide bonds. The van der Waals surface area contributed by atoms with Gasteiger partial charge in [0.05, 0.1) is 12.8 Å². The Morgan fingerprint density at radius 2 is 2.05 bits per heavy atom. The molecular weight excluding hydrogens is 266 g/mol. The summed E-state index contributed by atoms with van der Waals surface area (Å²) in [5.74, 6) is 1.65. The zero-order valence-electron chi connectivity index (χ0n) is 11.9. The van der Waals surface area contributed by atoms with E-state index in [1.807, 2.05) is 41.0 Å². The minimum atomic E-state index is 0.141. The van der Waals surface area contributed by atoms with Gasteiger partial charge in [-0.1, -0.05) is 12.1 Å². The van der Waals surface area contributed by atoms with E-state index in [1.54, 1.807) is 13.3 Å². The summed E-state index contributed by atoms with van der Waals surface area (Å²) >= 11 is 0. The molecule has 5 nitrogen and oxygen atoms in total. The Morgan fingerprint density at radius 3 is 2.86 bits per heavy atom. The predicted molar refractivity (Wildman–Crippen MR) is 80.8 cm³/mol. The fourth-order valence-corrected chi connectivity index (χ4v) is 2.43. The van der Waals surface area contributed by atoms with Crippen LogP contribution in [0.25, 0.3) is 16.9 Å². The number of methoxy groups -OCH3 is 1. The molecule has 21 heavy (non-hydrogen) atoms. The zero-order valence-corrected chi connectivity index (χ0v) is 11.9. The van der Waals surface area contributed by atoms with Gasteiger partial charge >= 0.3 is 0 Å². The highest BCUT2D eigenvalue weighted by Gasteiger charge is 2.15. The molecule has 108 valence electrons. The maximum atomic E-state index is 9.09. The molecule has 0 saturated heterocycles. The lowest BCUT2D eigenvalue weighted by atomic mass is 10.2. The number of imidazole rings is 1. The van der Waals surface area contributed by atoms with Crippen molar-refractivity contribution in [2.45, 2.75) is 12.8 Å². The van der Waals surface area contributed by atoms with Crippen molar-refractivity contribution in [3.63, 3.8) is 0 Å². The van der Waals surface area contributed by atoms with Crippen molar-refractivity contribution >= 4 is 11.2 Å². The first-order valence-electron chi connectivity index (χ1n) is 6.91.